The summed E-state index contributed by atoms with van der Waals surface area (Å²) in [5.74, 6) is 0.0822. The summed E-state index contributed by atoms with van der Waals surface area (Å²) in [6.07, 6.45) is 14.2. The summed E-state index contributed by atoms with van der Waals surface area (Å²) in [7, 11) is 2.18. The highest BCUT2D eigenvalue weighted by molar-refractivity contribution is 6.30. The molecule has 1 aliphatic heterocycles. The molecule has 3 heterocycles. The van der Waals surface area contributed by atoms with Crippen molar-refractivity contribution in [1.29, 1.82) is 0 Å². The number of amides is 1. The normalized spacial score (nSPS) is 19.5. The Kier molecular flexibility index (Phi) is 6.76. The molecule has 6 heteroatoms. The molecule has 2 aliphatic rings. The number of carbonyl (C=O) groups is 1. The van der Waals surface area contributed by atoms with E-state index >= 15 is 0 Å². The van der Waals surface area contributed by atoms with Gasteiger partial charge in [-0.3, -0.25) is 9.69 Å². The van der Waals surface area contributed by atoms with Crippen LogP contribution in [-0.2, 0) is 6.54 Å². The van der Waals surface area contributed by atoms with E-state index in [9.17, 15) is 4.79 Å². The number of aromatic nitrogens is 2. The molecule has 1 saturated heterocycles. The molecule has 0 unspecified atom stereocenters. The molecule has 0 aromatic carbocycles. The van der Waals surface area contributed by atoms with Crippen LogP contribution in [0.2, 0.25) is 5.02 Å². The van der Waals surface area contributed by atoms with E-state index in [0.29, 0.717) is 16.8 Å². The fourth-order valence-electron chi connectivity index (χ4n) is 4.88. The van der Waals surface area contributed by atoms with Crippen molar-refractivity contribution in [3.8, 4) is 0 Å². The Morgan fingerprint density at radius 1 is 1.07 bits per heavy atom. The minimum atomic E-state index is 0.0822. The summed E-state index contributed by atoms with van der Waals surface area (Å²) in [4.78, 5) is 22.7. The van der Waals surface area contributed by atoms with Crippen molar-refractivity contribution in [2.75, 3.05) is 20.1 Å². The van der Waals surface area contributed by atoms with Gasteiger partial charge in [0.2, 0.25) is 0 Å². The fourth-order valence-corrected chi connectivity index (χ4v) is 5.04. The maximum atomic E-state index is 13.5. The van der Waals surface area contributed by atoms with Crippen LogP contribution in [0.5, 0.6) is 0 Å². The molecule has 158 valence electrons. The number of hydrogen-bond donors (Lipinski definition) is 0. The van der Waals surface area contributed by atoms with Gasteiger partial charge in [-0.05, 0) is 44.9 Å². The first-order chi connectivity index (χ1) is 14.1. The predicted octanol–water partition coefficient (Wildman–Crippen LogP) is 5.16. The third kappa shape index (κ3) is 4.77. The summed E-state index contributed by atoms with van der Waals surface area (Å²) < 4.78 is 2.03. The molecule has 1 saturated carbocycles. The van der Waals surface area contributed by atoms with Crippen molar-refractivity contribution in [2.24, 2.45) is 0 Å². The average Bonchev–Trinajstić information content (AvgIpc) is 3.05. The van der Waals surface area contributed by atoms with Crippen molar-refractivity contribution in [3.05, 3.63) is 34.7 Å². The molecule has 1 amide bonds. The van der Waals surface area contributed by atoms with Crippen molar-refractivity contribution in [2.45, 2.75) is 76.8 Å². The lowest BCUT2D eigenvalue weighted by Gasteiger charge is -2.31. The first-order valence-corrected chi connectivity index (χ1v) is 11.7. The Bertz CT molecular complexity index is 835. The number of pyridine rings is 1. The van der Waals surface area contributed by atoms with Gasteiger partial charge in [0.15, 0.2) is 5.69 Å². The lowest BCUT2D eigenvalue weighted by molar-refractivity contribution is 0.0733. The van der Waals surface area contributed by atoms with Gasteiger partial charge in [-0.25, -0.2) is 4.98 Å². The van der Waals surface area contributed by atoms with Crippen LogP contribution in [0, 0.1) is 0 Å². The molecule has 0 spiro atoms. The van der Waals surface area contributed by atoms with E-state index in [0.717, 1.165) is 43.8 Å². The lowest BCUT2D eigenvalue weighted by Crippen LogP contribution is -2.36. The largest absolute Gasteiger partial charge is 0.337 e. The molecular weight excluding hydrogens is 384 g/mol. The van der Waals surface area contributed by atoms with Crippen LogP contribution in [0.15, 0.2) is 18.3 Å². The van der Waals surface area contributed by atoms with E-state index in [2.05, 4.69) is 11.9 Å². The smallest absolute Gasteiger partial charge is 0.274 e. The Hall–Kier alpha value is -1.59. The van der Waals surface area contributed by atoms with Gasteiger partial charge in [0.25, 0.3) is 5.91 Å². The predicted molar refractivity (Wildman–Crippen MR) is 118 cm³/mol. The van der Waals surface area contributed by atoms with E-state index in [1.165, 1.54) is 51.4 Å². The van der Waals surface area contributed by atoms with Gasteiger partial charge in [-0.2, -0.15) is 0 Å². The van der Waals surface area contributed by atoms with Crippen LogP contribution in [0.3, 0.4) is 0 Å². The Balaban J connectivity index is 1.65. The number of halogens is 1. The quantitative estimate of drug-likeness (QED) is 0.691. The van der Waals surface area contributed by atoms with E-state index in [-0.39, 0.29) is 5.91 Å². The zero-order valence-corrected chi connectivity index (χ0v) is 18.3. The molecule has 0 radical (unpaired) electrons. The standard InChI is InChI=1S/C23H33ClN4O/c1-26(19-10-6-5-7-11-19)17-20-22(25-21-13-12-18(24)16-28(20)21)23(29)27-14-8-3-2-4-9-15-27/h12-13,16,19H,2-11,14-15,17H2,1H3. The number of hydrogen-bond acceptors (Lipinski definition) is 3. The molecule has 0 atom stereocenters. The molecule has 2 aromatic rings. The zero-order valence-electron chi connectivity index (χ0n) is 17.6. The van der Waals surface area contributed by atoms with Gasteiger partial charge >= 0.3 is 0 Å². The lowest BCUT2D eigenvalue weighted by atomic mass is 9.94. The topological polar surface area (TPSA) is 40.9 Å². The van der Waals surface area contributed by atoms with Crippen molar-refractivity contribution >= 4 is 23.2 Å². The number of carbonyl (C=O) groups excluding carboxylic acids is 1. The minimum Gasteiger partial charge on any atom is -0.337 e. The van der Waals surface area contributed by atoms with E-state index in [1.807, 2.05) is 27.6 Å². The third-order valence-corrected chi connectivity index (χ3v) is 6.85. The van der Waals surface area contributed by atoms with Crippen LogP contribution >= 0.6 is 11.6 Å². The monoisotopic (exact) mass is 416 g/mol. The maximum Gasteiger partial charge on any atom is 0.274 e. The maximum absolute atomic E-state index is 13.5. The van der Waals surface area contributed by atoms with Gasteiger partial charge in [-0.15, -0.1) is 0 Å². The summed E-state index contributed by atoms with van der Waals surface area (Å²) in [5, 5.41) is 0.668. The Morgan fingerprint density at radius 2 is 1.72 bits per heavy atom. The van der Waals surface area contributed by atoms with Crippen LogP contribution in [0.25, 0.3) is 5.65 Å². The van der Waals surface area contributed by atoms with Crippen molar-refractivity contribution in [1.82, 2.24) is 19.2 Å². The van der Waals surface area contributed by atoms with E-state index in [4.69, 9.17) is 16.6 Å². The molecule has 1 aliphatic carbocycles. The number of nitrogens with zero attached hydrogens (tertiary/aromatic N) is 4. The number of likely N-dealkylation sites (tertiary alicyclic amines) is 1. The average molecular weight is 417 g/mol. The second-order valence-corrected chi connectivity index (χ2v) is 9.19. The van der Waals surface area contributed by atoms with Crippen LogP contribution in [-0.4, -0.2) is 51.3 Å². The molecule has 5 nitrogen and oxygen atoms in total. The first kappa shape index (κ1) is 20.7. The second kappa shape index (κ2) is 9.48. The molecule has 29 heavy (non-hydrogen) atoms. The van der Waals surface area contributed by atoms with Crippen molar-refractivity contribution in [3.63, 3.8) is 0 Å². The van der Waals surface area contributed by atoms with Crippen molar-refractivity contribution < 1.29 is 4.79 Å². The van der Waals surface area contributed by atoms with E-state index < -0.39 is 0 Å². The fraction of sp³-hybridized carbons (Fsp3) is 0.652. The Labute approximate surface area is 179 Å². The van der Waals surface area contributed by atoms with Gasteiger partial charge < -0.3 is 9.30 Å². The number of imidazole rings is 1. The SMILES string of the molecule is CN(Cc1c(C(=O)N2CCCCCCC2)nc2ccc(Cl)cn12)C1CCCCC1. The second-order valence-electron chi connectivity index (χ2n) is 8.75. The van der Waals surface area contributed by atoms with Crippen LogP contribution in [0.4, 0.5) is 0 Å². The van der Waals surface area contributed by atoms with Gasteiger partial charge in [0, 0.05) is 31.9 Å². The molecular formula is C23H33ClN4O. The zero-order chi connectivity index (χ0) is 20.2. The number of fused-ring (bicyclic) bond motifs is 1. The van der Waals surface area contributed by atoms with Gasteiger partial charge in [0.1, 0.15) is 5.65 Å². The summed E-state index contributed by atoms with van der Waals surface area (Å²) in [6.45, 7) is 2.40. The van der Waals surface area contributed by atoms with Crippen LogP contribution < -0.4 is 0 Å². The molecule has 2 fully saturated rings. The van der Waals surface area contributed by atoms with Gasteiger partial charge in [-0.1, -0.05) is 50.1 Å². The summed E-state index contributed by atoms with van der Waals surface area (Å²) in [6, 6.07) is 4.35. The van der Waals surface area contributed by atoms with E-state index in [1.54, 1.807) is 0 Å². The molecule has 0 N–H and O–H groups in total. The summed E-state index contributed by atoms with van der Waals surface area (Å²) in [5.41, 5.74) is 2.38. The molecule has 4 rings (SSSR count). The molecule has 2 aromatic heterocycles. The highest BCUT2D eigenvalue weighted by Gasteiger charge is 2.27. The van der Waals surface area contributed by atoms with Crippen LogP contribution in [0.1, 0.15) is 80.4 Å². The minimum absolute atomic E-state index is 0.0822. The van der Waals surface area contributed by atoms with Gasteiger partial charge in [0.05, 0.1) is 10.7 Å². The third-order valence-electron chi connectivity index (χ3n) is 6.62. The Morgan fingerprint density at radius 3 is 2.45 bits per heavy atom. The highest BCUT2D eigenvalue weighted by atomic mass is 35.5. The molecule has 0 bridgehead atoms. The summed E-state index contributed by atoms with van der Waals surface area (Å²) >= 11 is 6.30. The first-order valence-electron chi connectivity index (χ1n) is 11.3. The highest BCUT2D eigenvalue weighted by Crippen LogP contribution is 2.25. The number of rotatable bonds is 4.